The van der Waals surface area contributed by atoms with Crippen LogP contribution >= 0.6 is 0 Å². The van der Waals surface area contributed by atoms with Crippen molar-refractivity contribution in [2.24, 2.45) is 23.9 Å². The number of nitrogens with one attached hydrogen (secondary N) is 2. The molecule has 9 rings (SSSR count). The molecule has 3 fully saturated rings. The molecule has 2 bridgehead atoms. The average molecular weight is 852 g/mol. The molecule has 5 aliphatic rings. The Bertz CT molecular complexity index is 2490. The van der Waals surface area contributed by atoms with Crippen LogP contribution in [0.3, 0.4) is 0 Å². The van der Waals surface area contributed by atoms with Crippen LogP contribution in [0, 0.1) is 36.2 Å². The van der Waals surface area contributed by atoms with Crippen molar-refractivity contribution >= 4 is 46.7 Å². The van der Waals surface area contributed by atoms with Crippen LogP contribution in [0.2, 0.25) is 0 Å². The first kappa shape index (κ1) is 41.1. The molecule has 0 radical (unpaired) electrons. The first-order valence-electron chi connectivity index (χ1n) is 21.3. The van der Waals surface area contributed by atoms with Gasteiger partial charge in [-0.15, -0.1) is 0 Å². The number of piperidine rings is 2. The van der Waals surface area contributed by atoms with Gasteiger partial charge >= 0.3 is 0 Å². The molecule has 0 spiro atoms. The summed E-state index contributed by atoms with van der Waals surface area (Å²) in [4.78, 5) is 66.3. The Hall–Kier alpha value is -6.26. The topological polar surface area (TPSA) is 154 Å². The molecule has 14 nitrogen and oxygen atoms in total. The third kappa shape index (κ3) is 7.88. The Labute approximate surface area is 356 Å². The van der Waals surface area contributed by atoms with Crippen molar-refractivity contribution in [3.63, 3.8) is 0 Å². The smallest absolute Gasteiger partial charge is 0.280 e. The zero-order valence-electron chi connectivity index (χ0n) is 34.8. The SMILES string of the molecule is Cc1cc2cc(n1)-c1cnn(C)c1OCCC[C@@H](C)CN1/C(=N/C2=O)Nc2cc(F)c(C3CCN(C(=O)[C@@H]4CCN(c5cc(F)c([C@H]6CCC(=O)NC6=O)c(F)c5)C4)CC3)cc21. The Kier molecular flexibility index (Phi) is 11.0. The summed E-state index contributed by atoms with van der Waals surface area (Å²) in [5.74, 6) is -4.40. The monoisotopic (exact) mass is 851 g/mol. The highest BCUT2D eigenvalue weighted by Gasteiger charge is 2.38. The summed E-state index contributed by atoms with van der Waals surface area (Å²) in [5, 5.41) is 9.75. The van der Waals surface area contributed by atoms with Gasteiger partial charge in [-0.25, -0.2) is 17.9 Å². The number of benzene rings is 2. The molecule has 7 heterocycles. The van der Waals surface area contributed by atoms with Crippen LogP contribution in [0.5, 0.6) is 5.88 Å². The fraction of sp³-hybridized carbons (Fsp3) is 0.444. The molecule has 2 N–H and O–H groups in total. The first-order chi connectivity index (χ1) is 29.8. The summed E-state index contributed by atoms with van der Waals surface area (Å²) in [6.07, 6.45) is 4.87. The van der Waals surface area contributed by atoms with Crippen molar-refractivity contribution in [2.45, 2.75) is 70.6 Å². The quantitative estimate of drug-likeness (QED) is 0.227. The number of hydrogen-bond acceptors (Lipinski definition) is 10. The molecule has 0 saturated carbocycles. The number of aryl methyl sites for hydroxylation is 2. The number of imide groups is 1. The number of aromatic nitrogens is 3. The van der Waals surface area contributed by atoms with Crippen LogP contribution in [0.25, 0.3) is 11.3 Å². The lowest BCUT2D eigenvalue weighted by Crippen LogP contribution is -2.42. The van der Waals surface area contributed by atoms with Gasteiger partial charge in [0.15, 0.2) is 0 Å². The average Bonchev–Trinajstić information content (AvgIpc) is 3.96. The van der Waals surface area contributed by atoms with Gasteiger partial charge in [-0.1, -0.05) is 6.92 Å². The number of carbonyl (C=O) groups is 4. The van der Waals surface area contributed by atoms with Gasteiger partial charge in [0.2, 0.25) is 29.6 Å². The van der Waals surface area contributed by atoms with E-state index in [2.05, 4.69) is 32.6 Å². The molecule has 3 saturated heterocycles. The van der Waals surface area contributed by atoms with Crippen molar-refractivity contribution in [3.8, 4) is 17.1 Å². The summed E-state index contributed by atoms with van der Waals surface area (Å²) in [6.45, 7) is 6.47. The molecule has 0 unspecified atom stereocenters. The van der Waals surface area contributed by atoms with Gasteiger partial charge in [0.05, 0.1) is 47.3 Å². The van der Waals surface area contributed by atoms with Gasteiger partial charge in [-0.05, 0) is 99.2 Å². The maximum atomic E-state index is 16.1. The zero-order chi connectivity index (χ0) is 43.4. The Morgan fingerprint density at radius 3 is 2.42 bits per heavy atom. The predicted octanol–water partition coefficient (Wildman–Crippen LogP) is 6.20. The van der Waals surface area contributed by atoms with E-state index in [1.165, 1.54) is 18.2 Å². The second kappa shape index (κ2) is 16.5. The molecule has 2 aromatic heterocycles. The molecule has 5 aliphatic heterocycles. The van der Waals surface area contributed by atoms with Crippen LogP contribution < -0.4 is 25.2 Å². The summed E-state index contributed by atoms with van der Waals surface area (Å²) >= 11 is 0. The maximum Gasteiger partial charge on any atom is 0.280 e. The molecule has 62 heavy (non-hydrogen) atoms. The molecule has 4 aromatic rings. The number of amides is 4. The van der Waals surface area contributed by atoms with E-state index in [4.69, 9.17) is 4.74 Å². The van der Waals surface area contributed by atoms with Gasteiger partial charge in [0.25, 0.3) is 5.91 Å². The van der Waals surface area contributed by atoms with Crippen molar-refractivity contribution < 1.29 is 37.1 Å². The number of pyridine rings is 1. The standard InChI is InChI=1S/C45H48F3N9O5/c1-24-5-4-14-62-44-32(21-49-54(44)3)36-16-28(15-25(2)50-36)41(59)53-45-51-37-20-33(46)31(19-38(37)57(45)22-24)26-8-11-55(12-9-26)43(61)27-10-13-56(23-27)29-17-34(47)40(35(48)18-29)30-6-7-39(58)52-42(30)60/h15-21,24,26-27,30H,4-14,22-23H2,1-3H3,(H,51,53,59)(H,52,58,60)/t24-,27-,30-/m1/s1. The van der Waals surface area contributed by atoms with Crippen molar-refractivity contribution in [3.05, 3.63) is 82.4 Å². The van der Waals surface area contributed by atoms with Gasteiger partial charge in [-0.3, -0.25) is 29.5 Å². The third-order valence-corrected chi connectivity index (χ3v) is 12.9. The van der Waals surface area contributed by atoms with E-state index in [0.717, 1.165) is 18.5 Å². The highest BCUT2D eigenvalue weighted by molar-refractivity contribution is 6.19. The van der Waals surface area contributed by atoms with Gasteiger partial charge < -0.3 is 24.8 Å². The number of nitrogens with zero attached hydrogens (tertiary/aromatic N) is 7. The minimum atomic E-state index is -1.09. The van der Waals surface area contributed by atoms with E-state index in [0.29, 0.717) is 97.7 Å². The molecular formula is C45H48F3N9O5. The second-order valence-electron chi connectivity index (χ2n) is 17.2. The fourth-order valence-electron chi connectivity index (χ4n) is 9.58. The van der Waals surface area contributed by atoms with E-state index < -0.39 is 35.3 Å². The normalized spacial score (nSPS) is 23.0. The van der Waals surface area contributed by atoms with Crippen molar-refractivity contribution in [1.82, 2.24) is 25.0 Å². The third-order valence-electron chi connectivity index (χ3n) is 12.9. The Morgan fingerprint density at radius 2 is 1.66 bits per heavy atom. The number of anilines is 3. The van der Waals surface area contributed by atoms with E-state index >= 15 is 13.2 Å². The lowest BCUT2D eigenvalue weighted by Gasteiger charge is -2.34. The van der Waals surface area contributed by atoms with E-state index in [9.17, 15) is 19.2 Å². The predicted molar refractivity (Wildman–Crippen MR) is 225 cm³/mol. The first-order valence-corrected chi connectivity index (χ1v) is 21.3. The van der Waals surface area contributed by atoms with Crippen molar-refractivity contribution in [1.29, 1.82) is 0 Å². The molecule has 2 aromatic carbocycles. The number of hydrogen-bond donors (Lipinski definition) is 2. The van der Waals surface area contributed by atoms with Crippen molar-refractivity contribution in [2.75, 3.05) is 54.4 Å². The number of halogens is 3. The number of fused-ring (bicyclic) bond motifs is 7. The lowest BCUT2D eigenvalue weighted by atomic mass is 9.88. The minimum Gasteiger partial charge on any atom is -0.477 e. The molecular weight excluding hydrogens is 804 g/mol. The number of ether oxygens (including phenoxy) is 1. The minimum absolute atomic E-state index is 0.00193. The number of aliphatic imine (C=N–C) groups is 1. The summed E-state index contributed by atoms with van der Waals surface area (Å²) in [7, 11) is 1.80. The van der Waals surface area contributed by atoms with Crippen LogP contribution in [-0.2, 0) is 21.4 Å². The summed E-state index contributed by atoms with van der Waals surface area (Å²) < 4.78 is 54.5. The van der Waals surface area contributed by atoms with Crippen LogP contribution in [0.4, 0.5) is 30.2 Å². The number of guanidine groups is 1. The number of rotatable bonds is 4. The highest BCUT2D eigenvalue weighted by Crippen LogP contribution is 2.41. The van der Waals surface area contributed by atoms with E-state index in [1.807, 2.05) is 17.9 Å². The highest BCUT2D eigenvalue weighted by atomic mass is 19.1. The maximum absolute atomic E-state index is 16.1. The molecule has 3 atom stereocenters. The molecule has 17 heteroatoms. The summed E-state index contributed by atoms with van der Waals surface area (Å²) in [6, 6.07) is 9.08. The van der Waals surface area contributed by atoms with Gasteiger partial charge in [-0.2, -0.15) is 10.1 Å². The summed E-state index contributed by atoms with van der Waals surface area (Å²) in [5.41, 5.74) is 3.93. The van der Waals surface area contributed by atoms with E-state index in [1.54, 1.807) is 39.9 Å². The number of likely N-dealkylation sites (tertiary alicyclic amines) is 1. The zero-order valence-corrected chi connectivity index (χ0v) is 34.8. The van der Waals surface area contributed by atoms with Crippen LogP contribution in [-0.4, -0.2) is 88.6 Å². The van der Waals surface area contributed by atoms with Crippen LogP contribution in [0.15, 0.2) is 47.6 Å². The second-order valence-corrected chi connectivity index (χ2v) is 17.2. The number of carbonyl (C=O) groups excluding carboxylic acids is 4. The van der Waals surface area contributed by atoms with Gasteiger partial charge in [0, 0.05) is 68.7 Å². The lowest BCUT2D eigenvalue weighted by molar-refractivity contribution is -0.136. The molecule has 4 amide bonds. The Morgan fingerprint density at radius 1 is 0.887 bits per heavy atom. The van der Waals surface area contributed by atoms with Crippen LogP contribution in [0.1, 0.15) is 90.9 Å². The molecule has 324 valence electrons. The Balaban J connectivity index is 0.885. The van der Waals surface area contributed by atoms with Gasteiger partial charge in [0.1, 0.15) is 17.5 Å². The largest absolute Gasteiger partial charge is 0.477 e. The fourth-order valence-corrected chi connectivity index (χ4v) is 9.58. The molecule has 0 aliphatic carbocycles. The van der Waals surface area contributed by atoms with E-state index in [-0.39, 0.29) is 60.1 Å².